The zero-order valence-electron chi connectivity index (χ0n) is 19.5. The molecule has 0 aliphatic carbocycles. The summed E-state index contributed by atoms with van der Waals surface area (Å²) in [6, 6.07) is 14.0. The van der Waals surface area contributed by atoms with E-state index in [0.717, 1.165) is 11.3 Å². The summed E-state index contributed by atoms with van der Waals surface area (Å²) in [6.45, 7) is 2.17. The molecular weight excluding hydrogens is 439 g/mol. The molecule has 0 saturated carbocycles. The van der Waals surface area contributed by atoms with Gasteiger partial charge in [-0.1, -0.05) is 30.3 Å². The number of nitrogens with zero attached hydrogens (tertiary/aromatic N) is 2. The fraction of sp³-hybridized carbons (Fsp3) is 0.462. The lowest BCUT2D eigenvalue weighted by atomic mass is 9.98. The average molecular weight is 471 g/mol. The number of carbonyl (C=O) groups is 2. The van der Waals surface area contributed by atoms with Crippen molar-refractivity contribution in [3.8, 4) is 5.75 Å². The smallest absolute Gasteiger partial charge is 0.242 e. The minimum atomic E-state index is -0.437. The maximum Gasteiger partial charge on any atom is 0.242 e. The first-order chi connectivity index (χ1) is 16.5. The van der Waals surface area contributed by atoms with Gasteiger partial charge in [-0.05, 0) is 36.6 Å². The van der Waals surface area contributed by atoms with E-state index in [1.807, 2.05) is 24.3 Å². The first-order valence-corrected chi connectivity index (χ1v) is 11.7. The van der Waals surface area contributed by atoms with Crippen molar-refractivity contribution in [3.05, 3.63) is 65.5 Å². The Hall–Kier alpha value is -2.97. The van der Waals surface area contributed by atoms with Crippen molar-refractivity contribution in [1.29, 1.82) is 0 Å². The SMILES string of the molecule is COc1ccc(CN2CC(OCc3ccccc3F)CN(C(=O)C3CCOCC3)CC2=O)cc1. The summed E-state index contributed by atoms with van der Waals surface area (Å²) in [5.41, 5.74) is 1.40. The largest absolute Gasteiger partial charge is 0.497 e. The average Bonchev–Trinajstić information content (AvgIpc) is 3.02. The van der Waals surface area contributed by atoms with Crippen LogP contribution in [0.3, 0.4) is 0 Å². The van der Waals surface area contributed by atoms with E-state index in [0.29, 0.717) is 44.7 Å². The van der Waals surface area contributed by atoms with Gasteiger partial charge in [0.05, 0.1) is 26.4 Å². The number of halogens is 1. The van der Waals surface area contributed by atoms with Crippen LogP contribution in [0.25, 0.3) is 0 Å². The molecule has 2 aromatic rings. The molecule has 2 fully saturated rings. The molecule has 1 atom stereocenters. The summed E-state index contributed by atoms with van der Waals surface area (Å²) < 4.78 is 30.8. The minimum absolute atomic E-state index is 0.00586. The van der Waals surface area contributed by atoms with Gasteiger partial charge in [0.25, 0.3) is 0 Å². The molecule has 8 heteroatoms. The molecule has 0 spiro atoms. The zero-order chi connectivity index (χ0) is 23.9. The third-order valence-corrected chi connectivity index (χ3v) is 6.37. The molecular formula is C26H31FN2O5. The number of methoxy groups -OCH3 is 1. The lowest BCUT2D eigenvalue weighted by molar-refractivity contribution is -0.143. The van der Waals surface area contributed by atoms with Gasteiger partial charge in [-0.2, -0.15) is 0 Å². The number of amides is 2. The highest BCUT2D eigenvalue weighted by Crippen LogP contribution is 2.22. The highest BCUT2D eigenvalue weighted by Gasteiger charge is 2.34. The molecule has 2 aliphatic heterocycles. The van der Waals surface area contributed by atoms with Crippen LogP contribution in [-0.4, -0.2) is 67.7 Å². The van der Waals surface area contributed by atoms with Gasteiger partial charge in [0.2, 0.25) is 11.8 Å². The van der Waals surface area contributed by atoms with Gasteiger partial charge in [-0.25, -0.2) is 4.39 Å². The maximum absolute atomic E-state index is 14.1. The number of ether oxygens (including phenoxy) is 3. The minimum Gasteiger partial charge on any atom is -0.497 e. The Morgan fingerprint density at radius 2 is 1.82 bits per heavy atom. The predicted molar refractivity (Wildman–Crippen MR) is 124 cm³/mol. The molecule has 1 unspecified atom stereocenters. The van der Waals surface area contributed by atoms with Crippen molar-refractivity contribution in [2.75, 3.05) is 40.0 Å². The summed E-state index contributed by atoms with van der Waals surface area (Å²) in [5, 5.41) is 0. The van der Waals surface area contributed by atoms with Gasteiger partial charge in [0.15, 0.2) is 0 Å². The Balaban J connectivity index is 1.50. The summed E-state index contributed by atoms with van der Waals surface area (Å²) in [5.74, 6) is 0.0836. The van der Waals surface area contributed by atoms with Crippen LogP contribution in [0.1, 0.15) is 24.0 Å². The maximum atomic E-state index is 14.1. The molecule has 2 amide bonds. The molecule has 2 aliphatic rings. The normalized spacial score (nSPS) is 19.7. The topological polar surface area (TPSA) is 68.3 Å². The number of carbonyl (C=O) groups excluding carboxylic acids is 2. The van der Waals surface area contributed by atoms with Gasteiger partial charge in [-0.15, -0.1) is 0 Å². The van der Waals surface area contributed by atoms with Crippen molar-refractivity contribution in [3.63, 3.8) is 0 Å². The van der Waals surface area contributed by atoms with Crippen LogP contribution in [0.4, 0.5) is 4.39 Å². The highest BCUT2D eigenvalue weighted by atomic mass is 19.1. The molecule has 2 heterocycles. The molecule has 7 nitrogen and oxygen atoms in total. The molecule has 4 rings (SSSR count). The van der Waals surface area contributed by atoms with Crippen molar-refractivity contribution >= 4 is 11.8 Å². The fourth-order valence-electron chi connectivity index (χ4n) is 4.38. The number of rotatable bonds is 7. The summed E-state index contributed by atoms with van der Waals surface area (Å²) >= 11 is 0. The van der Waals surface area contributed by atoms with Crippen molar-refractivity contribution in [1.82, 2.24) is 9.80 Å². The van der Waals surface area contributed by atoms with Gasteiger partial charge in [0, 0.05) is 44.3 Å². The van der Waals surface area contributed by atoms with Gasteiger partial charge in [0.1, 0.15) is 11.6 Å². The van der Waals surface area contributed by atoms with Gasteiger partial charge in [-0.3, -0.25) is 9.59 Å². The standard InChI is InChI=1S/C26H31FN2O5/c1-32-22-8-6-19(7-9-22)14-28-15-23(34-18-21-4-2-3-5-24(21)27)16-29(17-25(28)30)26(31)20-10-12-33-13-11-20/h2-9,20,23H,10-18H2,1H3. The van der Waals surface area contributed by atoms with Crippen LogP contribution in [0.2, 0.25) is 0 Å². The van der Waals surface area contributed by atoms with Crippen molar-refractivity contribution in [2.24, 2.45) is 5.92 Å². The number of hydrogen-bond acceptors (Lipinski definition) is 5. The molecule has 0 bridgehead atoms. The second-order valence-electron chi connectivity index (χ2n) is 8.75. The lowest BCUT2D eigenvalue weighted by Crippen LogP contribution is -2.44. The van der Waals surface area contributed by atoms with E-state index in [1.54, 1.807) is 35.1 Å². The molecule has 0 radical (unpaired) electrons. The number of benzene rings is 2. The van der Waals surface area contributed by atoms with E-state index in [4.69, 9.17) is 14.2 Å². The van der Waals surface area contributed by atoms with Crippen LogP contribution in [0.15, 0.2) is 48.5 Å². The lowest BCUT2D eigenvalue weighted by Gasteiger charge is -2.29. The zero-order valence-corrected chi connectivity index (χ0v) is 19.5. The quantitative estimate of drug-likeness (QED) is 0.622. The van der Waals surface area contributed by atoms with Crippen LogP contribution >= 0.6 is 0 Å². The summed E-state index contributed by atoms with van der Waals surface area (Å²) in [4.78, 5) is 29.7. The van der Waals surface area contributed by atoms with Crippen LogP contribution in [0.5, 0.6) is 5.75 Å². The summed E-state index contributed by atoms with van der Waals surface area (Å²) in [7, 11) is 1.61. The van der Waals surface area contributed by atoms with Crippen LogP contribution in [0, 0.1) is 11.7 Å². The van der Waals surface area contributed by atoms with Crippen molar-refractivity contribution in [2.45, 2.75) is 32.1 Å². The third-order valence-electron chi connectivity index (χ3n) is 6.37. The molecule has 0 N–H and O–H groups in total. The second kappa shape index (κ2) is 11.4. The van der Waals surface area contributed by atoms with E-state index >= 15 is 0 Å². The first kappa shape index (κ1) is 24.2. The van der Waals surface area contributed by atoms with Gasteiger partial charge < -0.3 is 24.0 Å². The first-order valence-electron chi connectivity index (χ1n) is 11.7. The molecule has 182 valence electrons. The van der Waals surface area contributed by atoms with Crippen molar-refractivity contribution < 1.29 is 28.2 Å². The Bertz CT molecular complexity index is 977. The third kappa shape index (κ3) is 6.12. The fourth-order valence-corrected chi connectivity index (χ4v) is 4.38. The van der Waals surface area contributed by atoms with E-state index < -0.39 is 6.10 Å². The Morgan fingerprint density at radius 3 is 2.53 bits per heavy atom. The van der Waals surface area contributed by atoms with Crippen LogP contribution < -0.4 is 4.74 Å². The number of hydrogen-bond donors (Lipinski definition) is 0. The second-order valence-corrected chi connectivity index (χ2v) is 8.75. The van der Waals surface area contributed by atoms with Gasteiger partial charge >= 0.3 is 0 Å². The van der Waals surface area contributed by atoms with E-state index in [-0.39, 0.29) is 43.2 Å². The highest BCUT2D eigenvalue weighted by molar-refractivity contribution is 5.86. The van der Waals surface area contributed by atoms with E-state index in [9.17, 15) is 14.0 Å². The Kier molecular flexibility index (Phi) is 8.13. The predicted octanol–water partition coefficient (Wildman–Crippen LogP) is 3.02. The summed E-state index contributed by atoms with van der Waals surface area (Å²) in [6.07, 6.45) is 0.868. The Labute approximate surface area is 199 Å². The van der Waals surface area contributed by atoms with E-state index in [2.05, 4.69) is 0 Å². The molecule has 2 saturated heterocycles. The van der Waals surface area contributed by atoms with E-state index in [1.165, 1.54) is 6.07 Å². The molecule has 34 heavy (non-hydrogen) atoms. The monoisotopic (exact) mass is 470 g/mol. The Morgan fingerprint density at radius 1 is 1.09 bits per heavy atom. The molecule has 0 aromatic heterocycles. The molecule has 2 aromatic carbocycles. The van der Waals surface area contributed by atoms with Crippen LogP contribution in [-0.2, 0) is 32.2 Å².